The number of unbranched alkanes of at least 4 members (excludes halogenated alkanes) is 4. The van der Waals surface area contributed by atoms with Crippen molar-refractivity contribution >= 4 is 0 Å². The molecule has 0 radical (unpaired) electrons. The summed E-state index contributed by atoms with van der Waals surface area (Å²) in [5, 5.41) is 0. The van der Waals surface area contributed by atoms with E-state index in [9.17, 15) is 0 Å². The van der Waals surface area contributed by atoms with Gasteiger partial charge in [0.1, 0.15) is 0 Å². The fraction of sp³-hybridized carbons (Fsp3) is 1.00. The smallest absolute Gasteiger partial charge is 0.0207 e. The van der Waals surface area contributed by atoms with Crippen LogP contribution in [0.1, 0.15) is 58.8 Å². The van der Waals surface area contributed by atoms with Gasteiger partial charge in [0.15, 0.2) is 0 Å². The Morgan fingerprint density at radius 3 is 2.25 bits per heavy atom. The monoisotopic (exact) mass is 172 g/mol. The lowest BCUT2D eigenvalue weighted by atomic mass is 10.1. The molecule has 2 nitrogen and oxygen atoms in total. The standard InChI is InChI=1S/C10H24N2/c1-3-5-6-7-8-9-10(4-2)12-11/h10,12H,3-9,11H2,1-2H3. The average molecular weight is 172 g/mol. The van der Waals surface area contributed by atoms with Gasteiger partial charge in [-0.05, 0) is 12.8 Å². The molecule has 12 heavy (non-hydrogen) atoms. The van der Waals surface area contributed by atoms with Crippen LogP contribution >= 0.6 is 0 Å². The first-order chi connectivity index (χ1) is 5.85. The molecule has 0 saturated heterocycles. The highest BCUT2D eigenvalue weighted by molar-refractivity contribution is 4.60. The summed E-state index contributed by atoms with van der Waals surface area (Å²) in [6, 6.07) is 0.534. The molecular weight excluding hydrogens is 148 g/mol. The van der Waals surface area contributed by atoms with Crippen molar-refractivity contribution in [3.8, 4) is 0 Å². The van der Waals surface area contributed by atoms with Crippen LogP contribution in [0, 0.1) is 0 Å². The predicted octanol–water partition coefficient (Wildman–Crippen LogP) is 2.59. The fourth-order valence-corrected chi connectivity index (χ4v) is 1.40. The summed E-state index contributed by atoms with van der Waals surface area (Å²) < 4.78 is 0. The van der Waals surface area contributed by atoms with Gasteiger partial charge in [0, 0.05) is 6.04 Å². The molecule has 0 aromatic rings. The molecule has 0 spiro atoms. The molecule has 0 saturated carbocycles. The molecule has 0 rings (SSSR count). The average Bonchev–Trinajstić information content (AvgIpc) is 2.11. The lowest BCUT2D eigenvalue weighted by Gasteiger charge is -2.12. The Morgan fingerprint density at radius 2 is 1.75 bits per heavy atom. The second-order valence-electron chi connectivity index (χ2n) is 3.47. The van der Waals surface area contributed by atoms with Crippen LogP contribution in [0.2, 0.25) is 0 Å². The molecule has 0 amide bonds. The summed E-state index contributed by atoms with van der Waals surface area (Å²) >= 11 is 0. The van der Waals surface area contributed by atoms with Gasteiger partial charge in [-0.25, -0.2) is 0 Å². The van der Waals surface area contributed by atoms with E-state index < -0.39 is 0 Å². The minimum atomic E-state index is 0.534. The van der Waals surface area contributed by atoms with Gasteiger partial charge in [0.2, 0.25) is 0 Å². The molecule has 1 atom stereocenters. The Bertz CT molecular complexity index is 79.9. The molecule has 0 bridgehead atoms. The van der Waals surface area contributed by atoms with Gasteiger partial charge >= 0.3 is 0 Å². The maximum Gasteiger partial charge on any atom is 0.0207 e. The highest BCUT2D eigenvalue weighted by Crippen LogP contribution is 2.08. The maximum atomic E-state index is 5.37. The van der Waals surface area contributed by atoms with Crippen molar-refractivity contribution in [1.82, 2.24) is 5.43 Å². The quantitative estimate of drug-likeness (QED) is 0.335. The minimum absolute atomic E-state index is 0.534. The molecule has 0 aliphatic rings. The van der Waals surface area contributed by atoms with E-state index in [1.165, 1.54) is 38.5 Å². The van der Waals surface area contributed by atoms with Crippen molar-refractivity contribution in [2.45, 2.75) is 64.8 Å². The summed E-state index contributed by atoms with van der Waals surface area (Å²) in [6.45, 7) is 4.42. The molecule has 74 valence electrons. The Hall–Kier alpha value is -0.0800. The van der Waals surface area contributed by atoms with Gasteiger partial charge in [0.25, 0.3) is 0 Å². The van der Waals surface area contributed by atoms with Crippen molar-refractivity contribution in [2.75, 3.05) is 0 Å². The van der Waals surface area contributed by atoms with E-state index in [1.807, 2.05) is 0 Å². The highest BCUT2D eigenvalue weighted by atomic mass is 15.2. The number of hydrogen-bond donors (Lipinski definition) is 2. The molecule has 0 heterocycles. The number of nitrogens with two attached hydrogens (primary N) is 1. The third kappa shape index (κ3) is 6.62. The van der Waals surface area contributed by atoms with Crippen LogP contribution in [0.4, 0.5) is 0 Å². The summed E-state index contributed by atoms with van der Waals surface area (Å²) in [5.41, 5.74) is 2.84. The highest BCUT2D eigenvalue weighted by Gasteiger charge is 2.01. The van der Waals surface area contributed by atoms with Gasteiger partial charge in [0.05, 0.1) is 0 Å². The lowest BCUT2D eigenvalue weighted by Crippen LogP contribution is -2.34. The molecule has 0 aliphatic heterocycles. The largest absolute Gasteiger partial charge is 0.271 e. The topological polar surface area (TPSA) is 38.0 Å². The van der Waals surface area contributed by atoms with Crippen LogP contribution in [0.3, 0.4) is 0 Å². The minimum Gasteiger partial charge on any atom is -0.271 e. The maximum absolute atomic E-state index is 5.37. The van der Waals surface area contributed by atoms with Crippen LogP contribution in [0.5, 0.6) is 0 Å². The normalized spacial score (nSPS) is 13.2. The van der Waals surface area contributed by atoms with E-state index in [2.05, 4.69) is 19.3 Å². The fourth-order valence-electron chi connectivity index (χ4n) is 1.40. The molecule has 0 aromatic heterocycles. The molecule has 0 fully saturated rings. The molecule has 0 aromatic carbocycles. The Morgan fingerprint density at radius 1 is 1.08 bits per heavy atom. The van der Waals surface area contributed by atoms with Gasteiger partial charge in [-0.15, -0.1) is 0 Å². The van der Waals surface area contributed by atoms with Crippen LogP contribution < -0.4 is 11.3 Å². The van der Waals surface area contributed by atoms with Gasteiger partial charge in [-0.1, -0.05) is 46.0 Å². The van der Waals surface area contributed by atoms with E-state index in [4.69, 9.17) is 5.84 Å². The van der Waals surface area contributed by atoms with Crippen LogP contribution in [0.25, 0.3) is 0 Å². The second-order valence-corrected chi connectivity index (χ2v) is 3.47. The first-order valence-electron chi connectivity index (χ1n) is 5.31. The van der Waals surface area contributed by atoms with Crippen LogP contribution in [-0.4, -0.2) is 6.04 Å². The third-order valence-corrected chi connectivity index (χ3v) is 2.38. The first kappa shape index (κ1) is 11.9. The van der Waals surface area contributed by atoms with Gasteiger partial charge < -0.3 is 0 Å². The number of hydrogen-bond acceptors (Lipinski definition) is 2. The van der Waals surface area contributed by atoms with Crippen molar-refractivity contribution in [3.05, 3.63) is 0 Å². The van der Waals surface area contributed by atoms with Crippen LogP contribution in [0.15, 0.2) is 0 Å². The van der Waals surface area contributed by atoms with Crippen molar-refractivity contribution in [3.63, 3.8) is 0 Å². The summed E-state index contributed by atoms with van der Waals surface area (Å²) in [7, 11) is 0. The zero-order chi connectivity index (χ0) is 9.23. The van der Waals surface area contributed by atoms with Crippen LogP contribution in [-0.2, 0) is 0 Å². The first-order valence-corrected chi connectivity index (χ1v) is 5.31. The van der Waals surface area contributed by atoms with E-state index in [1.54, 1.807) is 0 Å². The number of rotatable bonds is 8. The zero-order valence-electron chi connectivity index (χ0n) is 8.60. The summed E-state index contributed by atoms with van der Waals surface area (Å²) in [6.07, 6.45) is 9.16. The zero-order valence-corrected chi connectivity index (χ0v) is 8.60. The number of nitrogens with one attached hydrogen (secondary N) is 1. The van der Waals surface area contributed by atoms with E-state index in [0.29, 0.717) is 6.04 Å². The SMILES string of the molecule is CCCCCCCC(CC)NN. The molecule has 0 aliphatic carbocycles. The Kier molecular flexibility index (Phi) is 8.95. The molecule has 1 unspecified atom stereocenters. The van der Waals surface area contributed by atoms with Crippen molar-refractivity contribution in [2.24, 2.45) is 5.84 Å². The van der Waals surface area contributed by atoms with E-state index in [-0.39, 0.29) is 0 Å². The molecule has 2 heteroatoms. The van der Waals surface area contributed by atoms with Crippen molar-refractivity contribution in [1.29, 1.82) is 0 Å². The Balaban J connectivity index is 3.06. The summed E-state index contributed by atoms with van der Waals surface area (Å²) in [5.74, 6) is 5.37. The molecule has 3 N–H and O–H groups in total. The third-order valence-electron chi connectivity index (χ3n) is 2.38. The lowest BCUT2D eigenvalue weighted by molar-refractivity contribution is 0.453. The number of hydrazine groups is 1. The molecular formula is C10H24N2. The van der Waals surface area contributed by atoms with E-state index >= 15 is 0 Å². The van der Waals surface area contributed by atoms with Gasteiger partial charge in [-0.2, -0.15) is 0 Å². The van der Waals surface area contributed by atoms with Crippen molar-refractivity contribution < 1.29 is 0 Å². The predicted molar refractivity (Wildman–Crippen MR) is 54.8 cm³/mol. The van der Waals surface area contributed by atoms with E-state index in [0.717, 1.165) is 6.42 Å². The van der Waals surface area contributed by atoms with Gasteiger partial charge in [-0.3, -0.25) is 11.3 Å². The second kappa shape index (κ2) is 9.01. The summed E-state index contributed by atoms with van der Waals surface area (Å²) in [4.78, 5) is 0. The Labute approximate surface area is 76.9 Å².